The molecule has 0 aromatic heterocycles. The summed E-state index contributed by atoms with van der Waals surface area (Å²) in [4.78, 5) is 12.4. The lowest BCUT2D eigenvalue weighted by Crippen LogP contribution is -2.42. The molecule has 5 heteroatoms. The average Bonchev–Trinajstić information content (AvgIpc) is 2.60. The normalized spacial score (nSPS) is 17.6. The number of carbonyl (C=O) groups is 1. The van der Waals surface area contributed by atoms with Crippen molar-refractivity contribution in [2.75, 3.05) is 13.7 Å². The maximum atomic E-state index is 12.4. The van der Waals surface area contributed by atoms with Crippen LogP contribution in [0.1, 0.15) is 37.4 Å². The fourth-order valence-corrected chi connectivity index (χ4v) is 3.18. The molecule has 0 spiro atoms. The molecule has 0 fully saturated rings. The van der Waals surface area contributed by atoms with Gasteiger partial charge in [0.2, 0.25) is 0 Å². The zero-order valence-corrected chi connectivity index (χ0v) is 15.7. The van der Waals surface area contributed by atoms with Gasteiger partial charge >= 0.3 is 0 Å². The molecule has 1 N–H and O–H groups in total. The molecule has 1 amide bonds. The Morgan fingerprint density at radius 1 is 1.23 bits per heavy atom. The standard InChI is InChI=1S/C21H25NO4/c1-14-8-9-19-17(10-14)18(12-21(2,3)26-19)22-20(23)13-25-16-7-5-6-15(11-16)24-4/h5-11,18H,12-13H2,1-4H3,(H,22,23)/t18-/m0/s1. The van der Waals surface area contributed by atoms with E-state index in [1.54, 1.807) is 19.2 Å². The van der Waals surface area contributed by atoms with Gasteiger partial charge in [-0.3, -0.25) is 4.79 Å². The van der Waals surface area contributed by atoms with Crippen LogP contribution < -0.4 is 19.5 Å². The van der Waals surface area contributed by atoms with E-state index >= 15 is 0 Å². The van der Waals surface area contributed by atoms with E-state index in [9.17, 15) is 4.79 Å². The van der Waals surface area contributed by atoms with Gasteiger partial charge in [0.25, 0.3) is 5.91 Å². The number of benzene rings is 2. The van der Waals surface area contributed by atoms with Gasteiger partial charge in [0.05, 0.1) is 13.2 Å². The van der Waals surface area contributed by atoms with Crippen molar-refractivity contribution in [3.63, 3.8) is 0 Å². The second-order valence-electron chi connectivity index (χ2n) is 7.19. The van der Waals surface area contributed by atoms with E-state index in [1.165, 1.54) is 0 Å². The van der Waals surface area contributed by atoms with Crippen LogP contribution in [-0.2, 0) is 4.79 Å². The summed E-state index contributed by atoms with van der Waals surface area (Å²) >= 11 is 0. The van der Waals surface area contributed by atoms with E-state index in [4.69, 9.17) is 14.2 Å². The lowest BCUT2D eigenvalue weighted by molar-refractivity contribution is -0.124. The van der Waals surface area contributed by atoms with Crippen molar-refractivity contribution < 1.29 is 19.0 Å². The van der Waals surface area contributed by atoms with Gasteiger partial charge in [0, 0.05) is 18.1 Å². The molecule has 1 atom stereocenters. The molecule has 3 rings (SSSR count). The Morgan fingerprint density at radius 2 is 2.00 bits per heavy atom. The van der Waals surface area contributed by atoms with Crippen LogP contribution in [0.15, 0.2) is 42.5 Å². The first-order valence-electron chi connectivity index (χ1n) is 8.72. The van der Waals surface area contributed by atoms with Gasteiger partial charge in [-0.2, -0.15) is 0 Å². The highest BCUT2D eigenvalue weighted by Gasteiger charge is 2.34. The highest BCUT2D eigenvalue weighted by molar-refractivity contribution is 5.78. The van der Waals surface area contributed by atoms with Crippen LogP contribution in [0.5, 0.6) is 17.2 Å². The lowest BCUT2D eigenvalue weighted by atomic mass is 9.89. The molecular weight excluding hydrogens is 330 g/mol. The molecule has 0 radical (unpaired) electrons. The Bertz CT molecular complexity index is 800. The molecule has 5 nitrogen and oxygen atoms in total. The number of methoxy groups -OCH3 is 1. The zero-order valence-electron chi connectivity index (χ0n) is 15.7. The Kier molecular flexibility index (Phi) is 5.07. The molecular formula is C21H25NO4. The van der Waals surface area contributed by atoms with Gasteiger partial charge in [-0.05, 0) is 39.0 Å². The van der Waals surface area contributed by atoms with Gasteiger partial charge in [-0.1, -0.05) is 23.8 Å². The summed E-state index contributed by atoms with van der Waals surface area (Å²) in [5.74, 6) is 1.95. The third kappa shape index (κ3) is 4.28. The minimum absolute atomic E-state index is 0.0495. The molecule has 0 unspecified atom stereocenters. The van der Waals surface area contributed by atoms with Crippen LogP contribution in [0.25, 0.3) is 0 Å². The molecule has 0 saturated carbocycles. The molecule has 26 heavy (non-hydrogen) atoms. The van der Waals surface area contributed by atoms with E-state index in [2.05, 4.69) is 11.4 Å². The number of fused-ring (bicyclic) bond motifs is 1. The summed E-state index contributed by atoms with van der Waals surface area (Å²) in [5.41, 5.74) is 1.81. The van der Waals surface area contributed by atoms with E-state index in [1.807, 2.05) is 45.0 Å². The molecule has 2 aromatic rings. The first kappa shape index (κ1) is 18.1. The van der Waals surface area contributed by atoms with Crippen molar-refractivity contribution in [2.24, 2.45) is 0 Å². The average molecular weight is 355 g/mol. The number of ether oxygens (including phenoxy) is 3. The van der Waals surface area contributed by atoms with Crippen molar-refractivity contribution >= 4 is 5.91 Å². The second kappa shape index (κ2) is 7.28. The molecule has 1 aliphatic rings. The third-order valence-corrected chi connectivity index (χ3v) is 4.37. The van der Waals surface area contributed by atoms with Gasteiger partial charge in [-0.25, -0.2) is 0 Å². The van der Waals surface area contributed by atoms with Gasteiger partial charge in [0.15, 0.2) is 6.61 Å². The predicted octanol–water partition coefficient (Wildman–Crippen LogP) is 3.80. The van der Waals surface area contributed by atoms with Gasteiger partial charge in [-0.15, -0.1) is 0 Å². The molecule has 0 bridgehead atoms. The maximum Gasteiger partial charge on any atom is 0.258 e. The van der Waals surface area contributed by atoms with Crippen LogP contribution in [0, 0.1) is 6.92 Å². The number of amides is 1. The fourth-order valence-electron chi connectivity index (χ4n) is 3.18. The molecule has 1 aliphatic heterocycles. The highest BCUT2D eigenvalue weighted by Crippen LogP contribution is 2.39. The number of hydrogen-bond donors (Lipinski definition) is 1. The summed E-state index contributed by atoms with van der Waals surface area (Å²) < 4.78 is 16.8. The number of aryl methyl sites for hydroxylation is 1. The van der Waals surface area contributed by atoms with Crippen LogP contribution in [0.2, 0.25) is 0 Å². The largest absolute Gasteiger partial charge is 0.497 e. The van der Waals surface area contributed by atoms with E-state index in [0.717, 1.165) is 16.9 Å². The number of rotatable bonds is 5. The van der Waals surface area contributed by atoms with E-state index in [0.29, 0.717) is 17.9 Å². The first-order chi connectivity index (χ1) is 12.4. The summed E-state index contributed by atoms with van der Waals surface area (Å²) in [6.07, 6.45) is 0.703. The van der Waals surface area contributed by atoms with Crippen LogP contribution >= 0.6 is 0 Å². The van der Waals surface area contributed by atoms with Crippen LogP contribution in [0.4, 0.5) is 0 Å². The summed E-state index contributed by atoms with van der Waals surface area (Å²) in [6, 6.07) is 13.2. The highest BCUT2D eigenvalue weighted by atomic mass is 16.5. The monoisotopic (exact) mass is 355 g/mol. The van der Waals surface area contributed by atoms with Gasteiger partial charge < -0.3 is 19.5 Å². The molecule has 0 aliphatic carbocycles. The summed E-state index contributed by atoms with van der Waals surface area (Å²) in [6.45, 7) is 6.04. The van der Waals surface area contributed by atoms with E-state index in [-0.39, 0.29) is 24.2 Å². The maximum absolute atomic E-state index is 12.4. The number of hydrogen-bond acceptors (Lipinski definition) is 4. The van der Waals surface area contributed by atoms with Crippen molar-refractivity contribution in [1.82, 2.24) is 5.32 Å². The smallest absolute Gasteiger partial charge is 0.258 e. The van der Waals surface area contributed by atoms with Crippen molar-refractivity contribution in [3.8, 4) is 17.2 Å². The minimum Gasteiger partial charge on any atom is -0.497 e. The molecule has 2 aromatic carbocycles. The fraction of sp³-hybridized carbons (Fsp3) is 0.381. The Balaban J connectivity index is 1.67. The second-order valence-corrected chi connectivity index (χ2v) is 7.19. The predicted molar refractivity (Wildman–Crippen MR) is 99.9 cm³/mol. The summed E-state index contributed by atoms with van der Waals surface area (Å²) in [5, 5.41) is 3.08. The topological polar surface area (TPSA) is 56.8 Å². The van der Waals surface area contributed by atoms with Crippen molar-refractivity contribution in [1.29, 1.82) is 0 Å². The first-order valence-corrected chi connectivity index (χ1v) is 8.72. The lowest BCUT2D eigenvalue weighted by Gasteiger charge is -2.38. The SMILES string of the molecule is COc1cccc(OCC(=O)N[C@H]2CC(C)(C)Oc3ccc(C)cc32)c1. The molecule has 0 saturated heterocycles. The number of carbonyl (C=O) groups excluding carboxylic acids is 1. The van der Waals surface area contributed by atoms with E-state index < -0.39 is 0 Å². The van der Waals surface area contributed by atoms with Crippen molar-refractivity contribution in [2.45, 2.75) is 38.8 Å². The minimum atomic E-state index is -0.339. The van der Waals surface area contributed by atoms with Crippen molar-refractivity contribution in [3.05, 3.63) is 53.6 Å². The van der Waals surface area contributed by atoms with Crippen LogP contribution in [0.3, 0.4) is 0 Å². The Morgan fingerprint density at radius 3 is 2.77 bits per heavy atom. The third-order valence-electron chi connectivity index (χ3n) is 4.37. The van der Waals surface area contributed by atoms with Gasteiger partial charge in [0.1, 0.15) is 22.8 Å². The Hall–Kier alpha value is -2.69. The Labute approximate surface area is 154 Å². The molecule has 1 heterocycles. The van der Waals surface area contributed by atoms with Crippen LogP contribution in [-0.4, -0.2) is 25.2 Å². The number of nitrogens with one attached hydrogen (secondary N) is 1. The molecule has 138 valence electrons. The zero-order chi connectivity index (χ0) is 18.7. The quantitative estimate of drug-likeness (QED) is 0.886. The summed E-state index contributed by atoms with van der Waals surface area (Å²) in [7, 11) is 1.60.